The predicted molar refractivity (Wildman–Crippen MR) is 105 cm³/mol. The van der Waals surface area contributed by atoms with Crippen LogP contribution in [0.25, 0.3) is 0 Å². The summed E-state index contributed by atoms with van der Waals surface area (Å²) in [5.74, 6) is -2.62. The SMILES string of the molecule is O=[Si]([O-])[O-].[Ca+2].[Ca+2].[Ca+2].[Ca+2].[O-]c1ccccc1[O-].[O-]c1ccccc1[O-].[O-]c1ccccc1[O-]. The van der Waals surface area contributed by atoms with Gasteiger partial charge in [0.05, 0.1) is 0 Å². The largest absolute Gasteiger partial charge is 2.00 e. The van der Waals surface area contributed by atoms with Crippen LogP contribution in [0, 0.1) is 0 Å². The summed E-state index contributed by atoms with van der Waals surface area (Å²) >= 11 is 0. The van der Waals surface area contributed by atoms with E-state index in [2.05, 4.69) is 0 Å². The summed E-state index contributed by atoms with van der Waals surface area (Å²) in [7, 11) is -3.63. The van der Waals surface area contributed by atoms with Crippen molar-refractivity contribution in [2.24, 2.45) is 0 Å². The minimum absolute atomic E-state index is 0. The fraction of sp³-hybridized carbons (Fsp3) is 0. The Balaban J connectivity index is -0.0000000996. The van der Waals surface area contributed by atoms with Gasteiger partial charge >= 0.3 is 151 Å². The van der Waals surface area contributed by atoms with Gasteiger partial charge in [-0.1, -0.05) is 72.8 Å². The first-order valence-electron chi connectivity index (χ1n) is 7.32. The van der Waals surface area contributed by atoms with Crippen molar-refractivity contribution < 1.29 is 44.7 Å². The predicted octanol–water partition coefficient (Wildman–Crippen LogP) is -4.90. The second-order valence-electron chi connectivity index (χ2n) is 4.59. The van der Waals surface area contributed by atoms with Crippen LogP contribution in [-0.4, -0.2) is 160 Å². The first-order valence-corrected chi connectivity index (χ1v) is 8.54. The topological polar surface area (TPSA) is 202 Å². The molecular formula is C18H12Ca4O9Si. The first-order chi connectivity index (χ1) is 13.1. The molecule has 0 saturated heterocycles. The molecule has 0 aliphatic carbocycles. The molecule has 0 aromatic heterocycles. The molecular weight excluding hydrogens is 549 g/mol. The van der Waals surface area contributed by atoms with E-state index in [-0.39, 0.29) is 151 Å². The van der Waals surface area contributed by atoms with Crippen molar-refractivity contribution in [1.29, 1.82) is 0 Å². The van der Waals surface area contributed by atoms with Gasteiger partial charge in [0, 0.05) is 9.17 Å². The van der Waals surface area contributed by atoms with Crippen LogP contribution < -0.4 is 40.2 Å². The fourth-order valence-electron chi connectivity index (χ4n) is 1.35. The average molecular weight is 561 g/mol. The van der Waals surface area contributed by atoms with Crippen molar-refractivity contribution in [3.05, 3.63) is 72.8 Å². The van der Waals surface area contributed by atoms with Crippen LogP contribution in [-0.2, 0) is 4.46 Å². The molecule has 0 heterocycles. The molecule has 150 valence electrons. The summed E-state index contributed by atoms with van der Waals surface area (Å²) in [6.07, 6.45) is 0. The molecule has 0 unspecified atom stereocenters. The van der Waals surface area contributed by atoms with Gasteiger partial charge in [0.2, 0.25) is 0 Å². The van der Waals surface area contributed by atoms with E-state index in [1.165, 1.54) is 36.4 Å². The molecule has 0 aliphatic heterocycles. The molecule has 0 N–H and O–H groups in total. The van der Waals surface area contributed by atoms with Crippen LogP contribution in [0.2, 0.25) is 0 Å². The van der Waals surface area contributed by atoms with Crippen LogP contribution >= 0.6 is 0 Å². The summed E-state index contributed by atoms with van der Waals surface area (Å²) < 4.78 is 8.52. The molecule has 0 saturated carbocycles. The van der Waals surface area contributed by atoms with Crippen molar-refractivity contribution in [2.45, 2.75) is 0 Å². The summed E-state index contributed by atoms with van der Waals surface area (Å²) in [5.41, 5.74) is 0. The van der Waals surface area contributed by atoms with Gasteiger partial charge in [0.15, 0.2) is 0 Å². The molecule has 0 bridgehead atoms. The number of rotatable bonds is 0. The van der Waals surface area contributed by atoms with E-state index in [1.54, 1.807) is 36.4 Å². The number of benzene rings is 3. The Bertz CT molecular complexity index is 703. The third-order valence-corrected chi connectivity index (χ3v) is 2.55. The molecule has 3 aromatic rings. The molecule has 3 rings (SSSR count). The summed E-state index contributed by atoms with van der Waals surface area (Å²) in [4.78, 5) is 17.0. The molecule has 0 fully saturated rings. The maximum Gasteiger partial charge on any atom is 2.00 e. The standard InChI is InChI=1S/3C6H6O2.4Ca.O3Si/c3*7-5-3-1-2-4-6(5)8;;;;;1-4(2)3/h3*1-4,7-8H;;;;;/q;;;4*+2;-2/p-6. The zero-order valence-corrected chi connectivity index (χ0v) is 26.8. The Kier molecular flexibility index (Phi) is 36.1. The Morgan fingerprint density at radius 2 is 0.500 bits per heavy atom. The van der Waals surface area contributed by atoms with Crippen LogP contribution in [0.3, 0.4) is 0 Å². The zero-order valence-electron chi connectivity index (χ0n) is 16.9. The van der Waals surface area contributed by atoms with Crippen LogP contribution in [0.1, 0.15) is 0 Å². The Hall–Kier alpha value is 1.12. The quantitative estimate of drug-likeness (QED) is 0.242. The van der Waals surface area contributed by atoms with Crippen LogP contribution in [0.5, 0.6) is 34.5 Å². The van der Waals surface area contributed by atoms with E-state index in [0.29, 0.717) is 0 Å². The van der Waals surface area contributed by atoms with Gasteiger partial charge in [-0.2, -0.15) is 0 Å². The summed E-state index contributed by atoms with van der Waals surface area (Å²) in [6.45, 7) is 0. The number of hydrogen-bond acceptors (Lipinski definition) is 9. The second-order valence-corrected chi connectivity index (χ2v) is 5.09. The van der Waals surface area contributed by atoms with Crippen molar-refractivity contribution >= 4 is 160 Å². The van der Waals surface area contributed by atoms with Crippen LogP contribution in [0.15, 0.2) is 72.8 Å². The minimum Gasteiger partial charge on any atom is -0.873 e. The van der Waals surface area contributed by atoms with Gasteiger partial charge in [-0.15, -0.1) is 34.5 Å². The zero-order chi connectivity index (χ0) is 21.5. The molecule has 0 radical (unpaired) electrons. The minimum atomic E-state index is -3.63. The van der Waals surface area contributed by atoms with Crippen molar-refractivity contribution in [1.82, 2.24) is 0 Å². The normalized spacial score (nSPS) is 7.50. The number of para-hydroxylation sites is 6. The Morgan fingerprint density at radius 1 is 0.406 bits per heavy atom. The Labute approximate surface area is 306 Å². The van der Waals surface area contributed by atoms with Crippen molar-refractivity contribution in [3.8, 4) is 34.5 Å². The van der Waals surface area contributed by atoms with Crippen molar-refractivity contribution in [2.75, 3.05) is 0 Å². The smallest absolute Gasteiger partial charge is 0.873 e. The average Bonchev–Trinajstić information content (AvgIpc) is 2.63. The fourth-order valence-corrected chi connectivity index (χ4v) is 1.35. The first kappa shape index (κ1) is 43.2. The summed E-state index contributed by atoms with van der Waals surface area (Å²) in [6, 6.07) is 16.8. The van der Waals surface area contributed by atoms with E-state index in [4.69, 9.17) is 14.1 Å². The van der Waals surface area contributed by atoms with E-state index in [0.717, 1.165) is 0 Å². The van der Waals surface area contributed by atoms with E-state index >= 15 is 0 Å². The molecule has 0 spiro atoms. The molecule has 3 aromatic carbocycles. The molecule has 32 heavy (non-hydrogen) atoms. The second kappa shape index (κ2) is 26.7. The third kappa shape index (κ3) is 24.2. The van der Waals surface area contributed by atoms with Gasteiger partial charge in [0.25, 0.3) is 0 Å². The van der Waals surface area contributed by atoms with Gasteiger partial charge in [-0.3, -0.25) is 0 Å². The Morgan fingerprint density at radius 3 is 0.562 bits per heavy atom. The molecule has 0 amide bonds. The van der Waals surface area contributed by atoms with Gasteiger partial charge in [-0.05, 0) is 0 Å². The van der Waals surface area contributed by atoms with E-state index < -0.39 is 43.7 Å². The molecule has 9 nitrogen and oxygen atoms in total. The maximum atomic E-state index is 10.3. The van der Waals surface area contributed by atoms with Gasteiger partial charge in [-0.25, -0.2) is 0 Å². The third-order valence-electron chi connectivity index (χ3n) is 2.55. The number of hydrogen-bond donors (Lipinski definition) is 0. The molecule has 0 atom stereocenters. The van der Waals surface area contributed by atoms with E-state index in [9.17, 15) is 30.6 Å². The van der Waals surface area contributed by atoms with Crippen molar-refractivity contribution in [3.63, 3.8) is 0 Å². The monoisotopic (exact) mass is 560 g/mol. The summed E-state index contributed by atoms with van der Waals surface area (Å²) in [5, 5.41) is 61.8. The van der Waals surface area contributed by atoms with Gasteiger partial charge < -0.3 is 44.7 Å². The molecule has 14 heteroatoms. The molecule has 0 aliphatic rings. The van der Waals surface area contributed by atoms with Crippen LogP contribution in [0.4, 0.5) is 0 Å². The van der Waals surface area contributed by atoms with Gasteiger partial charge in [0.1, 0.15) is 0 Å². The maximum absolute atomic E-state index is 10.3. The van der Waals surface area contributed by atoms with E-state index in [1.807, 2.05) is 0 Å².